The lowest BCUT2D eigenvalue weighted by Crippen LogP contribution is -2.00. The van der Waals surface area contributed by atoms with Crippen LogP contribution in [0.25, 0.3) is 117 Å². The Bertz CT molecular complexity index is 3480. The Labute approximate surface area is 324 Å². The molecule has 1 aliphatic carbocycles. The van der Waals surface area contributed by atoms with Crippen molar-refractivity contribution in [3.8, 4) is 45.6 Å². The number of allylic oxidation sites excluding steroid dienone is 4. The van der Waals surface area contributed by atoms with Crippen molar-refractivity contribution in [2.75, 3.05) is 0 Å². The molecule has 6 aromatic carbocycles. The molecule has 0 saturated heterocycles. The number of hydrogen-bond acceptors (Lipinski definition) is 8. The van der Waals surface area contributed by atoms with Gasteiger partial charge < -0.3 is 13.3 Å². The van der Waals surface area contributed by atoms with Crippen molar-refractivity contribution in [3.63, 3.8) is 0 Å². The second kappa shape index (κ2) is 12.4. The maximum absolute atomic E-state index is 6.66. The van der Waals surface area contributed by atoms with Crippen LogP contribution < -0.4 is 0 Å². The maximum Gasteiger partial charge on any atom is 0.180 e. The molecule has 0 spiro atoms. The molecule has 5 aromatic heterocycles. The van der Waals surface area contributed by atoms with E-state index in [0.717, 1.165) is 101 Å². The standard InChI is InChI=1S/C49H29N5O3/c1-3-12-28(13-4-1)42-45-43(34-17-8-10-21-39(34)57-45)51-49(50-42)35-19-11-18-33-37-27-31(23-25-41(37)56-44(33)35)48-53-46(29-14-5-2-6-15-29)52-47(54-48)30-22-24-40-36(26-30)32-16-7-9-20-38(32)55-40/h2-3,5-27H,1,4H2. The van der Waals surface area contributed by atoms with E-state index in [9.17, 15) is 0 Å². The molecule has 5 heterocycles. The highest BCUT2D eigenvalue weighted by molar-refractivity contribution is 6.11. The van der Waals surface area contributed by atoms with Crippen molar-refractivity contribution in [1.82, 2.24) is 24.9 Å². The van der Waals surface area contributed by atoms with Crippen LogP contribution in [0.3, 0.4) is 0 Å². The topological polar surface area (TPSA) is 104 Å². The third-order valence-corrected chi connectivity index (χ3v) is 10.8. The lowest BCUT2D eigenvalue weighted by Gasteiger charge is -2.09. The predicted molar refractivity (Wildman–Crippen MR) is 225 cm³/mol. The normalized spacial score (nSPS) is 13.2. The molecule has 0 fully saturated rings. The van der Waals surface area contributed by atoms with E-state index >= 15 is 0 Å². The third kappa shape index (κ3) is 5.11. The lowest BCUT2D eigenvalue weighted by molar-refractivity contribution is 0.663. The van der Waals surface area contributed by atoms with Crippen LogP contribution in [0.1, 0.15) is 18.5 Å². The molecule has 8 nitrogen and oxygen atoms in total. The molecule has 0 aliphatic heterocycles. The lowest BCUT2D eigenvalue weighted by atomic mass is 10.0. The van der Waals surface area contributed by atoms with E-state index in [-0.39, 0.29) is 0 Å². The second-order valence-electron chi connectivity index (χ2n) is 14.3. The first kappa shape index (κ1) is 31.6. The summed E-state index contributed by atoms with van der Waals surface area (Å²) in [6.07, 6.45) is 8.47. The van der Waals surface area contributed by atoms with E-state index in [4.69, 9.17) is 38.2 Å². The maximum atomic E-state index is 6.66. The van der Waals surface area contributed by atoms with Crippen molar-refractivity contribution in [1.29, 1.82) is 0 Å². The van der Waals surface area contributed by atoms with Gasteiger partial charge in [0, 0.05) is 43.6 Å². The Morgan fingerprint density at radius 3 is 1.77 bits per heavy atom. The Hall–Kier alpha value is -7.71. The number of rotatable bonds is 5. The van der Waals surface area contributed by atoms with Gasteiger partial charge in [0.1, 0.15) is 39.1 Å². The van der Waals surface area contributed by atoms with Gasteiger partial charge in [0.25, 0.3) is 0 Å². The average molecular weight is 736 g/mol. The molecule has 268 valence electrons. The summed E-state index contributed by atoms with van der Waals surface area (Å²) in [5.41, 5.74) is 10.6. The van der Waals surface area contributed by atoms with Crippen LogP contribution in [-0.4, -0.2) is 24.9 Å². The molecular weight excluding hydrogens is 707 g/mol. The van der Waals surface area contributed by atoms with Gasteiger partial charge in [-0.2, -0.15) is 0 Å². The summed E-state index contributed by atoms with van der Waals surface area (Å²) in [7, 11) is 0. The van der Waals surface area contributed by atoms with Gasteiger partial charge >= 0.3 is 0 Å². The summed E-state index contributed by atoms with van der Waals surface area (Å²) in [4.78, 5) is 25.4. The first-order valence-electron chi connectivity index (χ1n) is 19.0. The molecule has 0 N–H and O–H groups in total. The summed E-state index contributed by atoms with van der Waals surface area (Å²) >= 11 is 0. The van der Waals surface area contributed by atoms with E-state index in [1.54, 1.807) is 0 Å². The average Bonchev–Trinajstić information content (AvgIpc) is 3.97. The smallest absolute Gasteiger partial charge is 0.180 e. The highest BCUT2D eigenvalue weighted by Crippen LogP contribution is 2.40. The van der Waals surface area contributed by atoms with Crippen LogP contribution in [0.5, 0.6) is 0 Å². The largest absolute Gasteiger partial charge is 0.456 e. The minimum atomic E-state index is 0.558. The molecule has 0 bridgehead atoms. The number of nitrogens with zero attached hydrogens (tertiary/aromatic N) is 5. The van der Waals surface area contributed by atoms with Crippen molar-refractivity contribution < 1.29 is 13.3 Å². The van der Waals surface area contributed by atoms with Gasteiger partial charge in [-0.3, -0.25) is 0 Å². The molecular formula is C49H29N5O3. The van der Waals surface area contributed by atoms with Crippen LogP contribution in [0.2, 0.25) is 0 Å². The van der Waals surface area contributed by atoms with Gasteiger partial charge in [-0.1, -0.05) is 91.0 Å². The first-order chi connectivity index (χ1) is 28.2. The number of aromatic nitrogens is 5. The highest BCUT2D eigenvalue weighted by atomic mass is 16.3. The molecule has 1 aliphatic rings. The quantitative estimate of drug-likeness (QED) is 0.172. The Morgan fingerprint density at radius 2 is 1.02 bits per heavy atom. The van der Waals surface area contributed by atoms with Crippen LogP contribution >= 0.6 is 0 Å². The first-order valence-corrected chi connectivity index (χ1v) is 19.0. The fourth-order valence-corrected chi connectivity index (χ4v) is 8.03. The van der Waals surface area contributed by atoms with Crippen LogP contribution in [0.4, 0.5) is 0 Å². The van der Waals surface area contributed by atoms with Crippen molar-refractivity contribution in [2.24, 2.45) is 0 Å². The van der Waals surface area contributed by atoms with Crippen molar-refractivity contribution >= 4 is 71.5 Å². The van der Waals surface area contributed by atoms with E-state index in [2.05, 4.69) is 42.5 Å². The SMILES string of the molecule is C1=CC(c2nc(-c3cccc4c3oc3ccc(-c5nc(-c6ccccc6)nc(-c6ccc7oc8ccccc8c7c6)n5)cc34)nc3c2oc2ccccc23)=CCC1. The molecule has 0 radical (unpaired) electrons. The van der Waals surface area contributed by atoms with Gasteiger partial charge in [0.15, 0.2) is 28.9 Å². The molecule has 12 rings (SSSR count). The molecule has 0 saturated carbocycles. The van der Waals surface area contributed by atoms with Crippen molar-refractivity contribution in [3.05, 3.63) is 157 Å². The van der Waals surface area contributed by atoms with Crippen LogP contribution in [-0.2, 0) is 0 Å². The minimum absolute atomic E-state index is 0.558. The third-order valence-electron chi connectivity index (χ3n) is 10.8. The fraction of sp³-hybridized carbons (Fsp3) is 0.0408. The molecule has 57 heavy (non-hydrogen) atoms. The minimum Gasteiger partial charge on any atom is -0.456 e. The van der Waals surface area contributed by atoms with Gasteiger partial charge in [-0.15, -0.1) is 0 Å². The number of fused-ring (bicyclic) bond motifs is 9. The Kier molecular flexibility index (Phi) is 6.88. The molecule has 0 atom stereocenters. The zero-order chi connectivity index (χ0) is 37.5. The molecule has 8 heteroatoms. The predicted octanol–water partition coefficient (Wildman–Crippen LogP) is 12.8. The summed E-state index contributed by atoms with van der Waals surface area (Å²) in [6.45, 7) is 0. The van der Waals surface area contributed by atoms with Gasteiger partial charge in [-0.25, -0.2) is 24.9 Å². The zero-order valence-electron chi connectivity index (χ0n) is 30.3. The Morgan fingerprint density at radius 1 is 0.404 bits per heavy atom. The number of furan rings is 3. The fourth-order valence-electron chi connectivity index (χ4n) is 8.03. The summed E-state index contributed by atoms with van der Waals surface area (Å²) < 4.78 is 19.2. The zero-order valence-corrected chi connectivity index (χ0v) is 30.3. The Balaban J connectivity index is 1.02. The van der Waals surface area contributed by atoms with Crippen molar-refractivity contribution in [2.45, 2.75) is 12.8 Å². The molecule has 0 amide bonds. The van der Waals surface area contributed by atoms with Crippen LogP contribution in [0, 0.1) is 0 Å². The van der Waals surface area contributed by atoms with Gasteiger partial charge in [0.2, 0.25) is 0 Å². The summed E-state index contributed by atoms with van der Waals surface area (Å²) in [5, 5.41) is 4.89. The van der Waals surface area contributed by atoms with E-state index in [0.29, 0.717) is 34.5 Å². The summed E-state index contributed by atoms with van der Waals surface area (Å²) in [5.74, 6) is 2.29. The van der Waals surface area contributed by atoms with E-state index in [1.807, 2.05) is 109 Å². The number of para-hydroxylation sites is 3. The monoisotopic (exact) mass is 735 g/mol. The second-order valence-corrected chi connectivity index (χ2v) is 14.3. The van der Waals surface area contributed by atoms with E-state index in [1.165, 1.54) is 0 Å². The number of benzene rings is 6. The number of hydrogen-bond donors (Lipinski definition) is 0. The molecule has 0 unspecified atom stereocenters. The van der Waals surface area contributed by atoms with Crippen LogP contribution in [0.15, 0.2) is 165 Å². The highest BCUT2D eigenvalue weighted by Gasteiger charge is 2.22. The van der Waals surface area contributed by atoms with E-state index < -0.39 is 0 Å². The summed E-state index contributed by atoms with van der Waals surface area (Å²) in [6, 6.07) is 44.4. The van der Waals surface area contributed by atoms with Gasteiger partial charge in [-0.05, 0) is 79.1 Å². The van der Waals surface area contributed by atoms with Gasteiger partial charge in [0.05, 0.1) is 5.56 Å². The molecule has 11 aromatic rings.